The summed E-state index contributed by atoms with van der Waals surface area (Å²) >= 11 is 0. The van der Waals surface area contributed by atoms with Crippen LogP contribution in [0.1, 0.15) is 16.1 Å². The highest BCUT2D eigenvalue weighted by Gasteiger charge is 2.04. The smallest absolute Gasteiger partial charge is 0.335 e. The molecule has 1 heterocycles. The van der Waals surface area contributed by atoms with E-state index in [0.717, 1.165) is 11.4 Å². The molecule has 0 saturated heterocycles. The number of hydrogen-bond acceptors (Lipinski definition) is 3. The monoisotopic (exact) mass is 203 g/mol. The number of aryl methyl sites for hydroxylation is 1. The van der Waals surface area contributed by atoms with E-state index < -0.39 is 5.97 Å². The van der Waals surface area contributed by atoms with Gasteiger partial charge >= 0.3 is 5.97 Å². The van der Waals surface area contributed by atoms with E-state index in [1.165, 1.54) is 0 Å². The van der Waals surface area contributed by atoms with Gasteiger partial charge in [-0.2, -0.15) is 0 Å². The first kappa shape index (κ1) is 9.39. The second kappa shape index (κ2) is 3.53. The average molecular weight is 203 g/mol. The molecule has 2 aromatic rings. The maximum absolute atomic E-state index is 10.6. The van der Waals surface area contributed by atoms with Crippen LogP contribution in [-0.4, -0.2) is 26.1 Å². The van der Waals surface area contributed by atoms with Crippen LogP contribution in [0.2, 0.25) is 0 Å². The van der Waals surface area contributed by atoms with Gasteiger partial charge in [-0.15, -0.1) is 5.10 Å². The van der Waals surface area contributed by atoms with Gasteiger partial charge in [0.15, 0.2) is 0 Å². The van der Waals surface area contributed by atoms with Crippen LogP contribution in [-0.2, 0) is 0 Å². The number of carboxylic acid groups (broad SMARTS) is 1. The fourth-order valence-corrected chi connectivity index (χ4v) is 1.29. The third-order valence-corrected chi connectivity index (χ3v) is 2.08. The number of carbonyl (C=O) groups is 1. The summed E-state index contributed by atoms with van der Waals surface area (Å²) in [4.78, 5) is 10.6. The Kier molecular flexibility index (Phi) is 2.21. The van der Waals surface area contributed by atoms with E-state index in [4.69, 9.17) is 5.11 Å². The fourth-order valence-electron chi connectivity index (χ4n) is 1.29. The summed E-state index contributed by atoms with van der Waals surface area (Å²) in [6.07, 6.45) is 1.64. The van der Waals surface area contributed by atoms with Gasteiger partial charge in [-0.25, -0.2) is 9.48 Å². The molecule has 1 aromatic carbocycles. The summed E-state index contributed by atoms with van der Waals surface area (Å²) in [6, 6.07) is 6.48. The zero-order valence-corrected chi connectivity index (χ0v) is 8.08. The molecule has 15 heavy (non-hydrogen) atoms. The molecule has 0 radical (unpaired) electrons. The van der Waals surface area contributed by atoms with Crippen molar-refractivity contribution >= 4 is 5.97 Å². The van der Waals surface area contributed by atoms with Gasteiger partial charge in [0.2, 0.25) is 0 Å². The van der Waals surface area contributed by atoms with Gasteiger partial charge in [0.1, 0.15) is 0 Å². The van der Waals surface area contributed by atoms with Crippen LogP contribution >= 0.6 is 0 Å². The molecule has 0 aliphatic rings. The van der Waals surface area contributed by atoms with Gasteiger partial charge in [-0.05, 0) is 31.2 Å². The Morgan fingerprint density at radius 3 is 2.47 bits per heavy atom. The molecular formula is C10H9N3O2. The van der Waals surface area contributed by atoms with E-state index in [1.807, 2.05) is 6.92 Å². The molecule has 0 amide bonds. The van der Waals surface area contributed by atoms with Crippen molar-refractivity contribution in [2.75, 3.05) is 0 Å². The quantitative estimate of drug-likeness (QED) is 0.798. The Hall–Kier alpha value is -2.17. The van der Waals surface area contributed by atoms with Gasteiger partial charge < -0.3 is 5.11 Å². The maximum Gasteiger partial charge on any atom is 0.335 e. The van der Waals surface area contributed by atoms with Crippen molar-refractivity contribution in [2.45, 2.75) is 6.92 Å². The highest BCUT2D eigenvalue weighted by atomic mass is 16.4. The molecule has 0 unspecified atom stereocenters. The fraction of sp³-hybridized carbons (Fsp3) is 0.100. The van der Waals surface area contributed by atoms with Crippen LogP contribution in [0.25, 0.3) is 5.69 Å². The van der Waals surface area contributed by atoms with E-state index in [0.29, 0.717) is 0 Å². The lowest BCUT2D eigenvalue weighted by Gasteiger charge is -2.02. The standard InChI is InChI=1S/C10H9N3O2/c1-7-6-11-12-13(7)9-4-2-8(3-5-9)10(14)15/h2-6H,1H3,(H,14,15). The second-order valence-electron chi connectivity index (χ2n) is 3.14. The Morgan fingerprint density at radius 2 is 2.00 bits per heavy atom. The summed E-state index contributed by atoms with van der Waals surface area (Å²) in [5.41, 5.74) is 1.96. The van der Waals surface area contributed by atoms with Crippen molar-refractivity contribution in [1.29, 1.82) is 0 Å². The van der Waals surface area contributed by atoms with Crippen LogP contribution in [0.3, 0.4) is 0 Å². The molecule has 2 rings (SSSR count). The molecule has 0 spiro atoms. The Morgan fingerprint density at radius 1 is 1.33 bits per heavy atom. The second-order valence-corrected chi connectivity index (χ2v) is 3.14. The largest absolute Gasteiger partial charge is 0.478 e. The first-order chi connectivity index (χ1) is 7.18. The number of aromatic nitrogens is 3. The molecule has 0 atom stereocenters. The third kappa shape index (κ3) is 1.71. The van der Waals surface area contributed by atoms with Crippen molar-refractivity contribution in [3.63, 3.8) is 0 Å². The summed E-state index contributed by atoms with van der Waals surface area (Å²) in [7, 11) is 0. The van der Waals surface area contributed by atoms with E-state index in [-0.39, 0.29) is 5.56 Å². The summed E-state index contributed by atoms with van der Waals surface area (Å²) < 4.78 is 1.64. The van der Waals surface area contributed by atoms with E-state index in [2.05, 4.69) is 10.3 Å². The Bertz CT molecular complexity index is 488. The zero-order valence-electron chi connectivity index (χ0n) is 8.08. The maximum atomic E-state index is 10.6. The minimum Gasteiger partial charge on any atom is -0.478 e. The van der Waals surface area contributed by atoms with E-state index in [9.17, 15) is 4.79 Å². The molecule has 1 aromatic heterocycles. The predicted octanol–water partition coefficient (Wildman–Crippen LogP) is 1.27. The average Bonchev–Trinajstić information content (AvgIpc) is 2.65. The van der Waals surface area contributed by atoms with Crippen molar-refractivity contribution in [3.05, 3.63) is 41.7 Å². The van der Waals surface area contributed by atoms with Crippen LogP contribution in [0.5, 0.6) is 0 Å². The number of aromatic carboxylic acids is 1. The predicted molar refractivity (Wildman–Crippen MR) is 53.1 cm³/mol. The van der Waals surface area contributed by atoms with Crippen LogP contribution < -0.4 is 0 Å². The number of carboxylic acids is 1. The number of hydrogen-bond donors (Lipinski definition) is 1. The number of rotatable bonds is 2. The molecule has 5 heteroatoms. The molecule has 0 aliphatic carbocycles. The third-order valence-electron chi connectivity index (χ3n) is 2.08. The lowest BCUT2D eigenvalue weighted by molar-refractivity contribution is 0.0697. The first-order valence-electron chi connectivity index (χ1n) is 4.39. The van der Waals surface area contributed by atoms with Crippen molar-refractivity contribution in [1.82, 2.24) is 15.0 Å². The highest BCUT2D eigenvalue weighted by molar-refractivity contribution is 5.87. The van der Waals surface area contributed by atoms with Crippen molar-refractivity contribution < 1.29 is 9.90 Å². The molecule has 0 bridgehead atoms. The summed E-state index contributed by atoms with van der Waals surface area (Å²) in [5.74, 6) is -0.933. The first-order valence-corrected chi connectivity index (χ1v) is 4.39. The minimum atomic E-state index is -0.933. The lowest BCUT2D eigenvalue weighted by Crippen LogP contribution is -2.01. The van der Waals surface area contributed by atoms with Gasteiger partial charge in [0.05, 0.1) is 23.1 Å². The van der Waals surface area contributed by atoms with Crippen LogP contribution in [0.15, 0.2) is 30.5 Å². The minimum absolute atomic E-state index is 0.261. The van der Waals surface area contributed by atoms with Crippen LogP contribution in [0, 0.1) is 6.92 Å². The van der Waals surface area contributed by atoms with Gasteiger partial charge in [-0.3, -0.25) is 0 Å². The Balaban J connectivity index is 2.40. The van der Waals surface area contributed by atoms with E-state index in [1.54, 1.807) is 35.1 Å². The SMILES string of the molecule is Cc1cnnn1-c1ccc(C(=O)O)cc1. The summed E-state index contributed by atoms with van der Waals surface area (Å²) in [6.45, 7) is 1.88. The molecule has 0 saturated carbocycles. The molecule has 5 nitrogen and oxygen atoms in total. The Labute approximate surface area is 86.0 Å². The normalized spacial score (nSPS) is 10.2. The number of benzene rings is 1. The van der Waals surface area contributed by atoms with Gasteiger partial charge in [0.25, 0.3) is 0 Å². The van der Waals surface area contributed by atoms with Crippen molar-refractivity contribution in [3.8, 4) is 5.69 Å². The molecular weight excluding hydrogens is 194 g/mol. The van der Waals surface area contributed by atoms with Crippen molar-refractivity contribution in [2.24, 2.45) is 0 Å². The van der Waals surface area contributed by atoms with Gasteiger partial charge in [0, 0.05) is 0 Å². The molecule has 1 N–H and O–H groups in total. The lowest BCUT2D eigenvalue weighted by atomic mass is 10.2. The number of nitrogens with zero attached hydrogens (tertiary/aromatic N) is 3. The molecule has 0 fully saturated rings. The molecule has 0 aliphatic heterocycles. The van der Waals surface area contributed by atoms with Crippen LogP contribution in [0.4, 0.5) is 0 Å². The molecule has 76 valence electrons. The zero-order chi connectivity index (χ0) is 10.8. The van der Waals surface area contributed by atoms with E-state index >= 15 is 0 Å². The topological polar surface area (TPSA) is 68.0 Å². The highest BCUT2D eigenvalue weighted by Crippen LogP contribution is 2.10. The van der Waals surface area contributed by atoms with Gasteiger partial charge in [-0.1, -0.05) is 5.21 Å². The summed E-state index contributed by atoms with van der Waals surface area (Å²) in [5, 5.41) is 16.4.